The van der Waals surface area contributed by atoms with Gasteiger partial charge in [-0.15, -0.1) is 0 Å². The Bertz CT molecular complexity index is 359. The monoisotopic (exact) mass is 314 g/mol. The molecule has 0 fully saturated rings. The second-order valence-electron chi connectivity index (χ2n) is 7.71. The van der Waals surface area contributed by atoms with E-state index in [1.807, 2.05) is 34.6 Å². The van der Waals surface area contributed by atoms with Crippen LogP contribution in [0.3, 0.4) is 0 Å². The maximum Gasteiger partial charge on any atom is 0.410 e. The minimum absolute atomic E-state index is 0.109. The van der Waals surface area contributed by atoms with Gasteiger partial charge < -0.3 is 10.1 Å². The standard InChI is InChI=1S/C17H34N2O3/c1-12(2)9-10-18-15(20)14(11-13(3)4)19(8)16(21)22-17(5,6)7/h12-14H,9-11H2,1-8H3,(H,18,20). The molecule has 0 heterocycles. The summed E-state index contributed by atoms with van der Waals surface area (Å²) in [4.78, 5) is 26.0. The van der Waals surface area contributed by atoms with Crippen LogP contribution in [0.5, 0.6) is 0 Å². The Kier molecular flexibility index (Phi) is 8.49. The largest absolute Gasteiger partial charge is 0.444 e. The number of likely N-dealkylation sites (N-methyl/N-ethyl adjacent to an activating group) is 1. The van der Waals surface area contributed by atoms with Crippen molar-refractivity contribution in [3.8, 4) is 0 Å². The summed E-state index contributed by atoms with van der Waals surface area (Å²) in [7, 11) is 1.63. The van der Waals surface area contributed by atoms with E-state index >= 15 is 0 Å². The fraction of sp³-hybridized carbons (Fsp3) is 0.882. The molecule has 0 aliphatic rings. The number of nitrogens with one attached hydrogen (secondary N) is 1. The molecule has 0 aliphatic carbocycles. The third kappa shape index (κ3) is 8.90. The van der Waals surface area contributed by atoms with Crippen LogP contribution in [-0.2, 0) is 9.53 Å². The van der Waals surface area contributed by atoms with Crippen LogP contribution >= 0.6 is 0 Å². The van der Waals surface area contributed by atoms with Gasteiger partial charge in [0.15, 0.2) is 0 Å². The highest BCUT2D eigenvalue weighted by Crippen LogP contribution is 2.15. The molecule has 0 saturated carbocycles. The molecule has 5 heteroatoms. The number of nitrogens with zero attached hydrogens (tertiary/aromatic N) is 1. The summed E-state index contributed by atoms with van der Waals surface area (Å²) < 4.78 is 5.36. The molecule has 0 spiro atoms. The van der Waals surface area contributed by atoms with E-state index in [4.69, 9.17) is 4.74 Å². The Morgan fingerprint density at radius 2 is 1.64 bits per heavy atom. The van der Waals surface area contributed by atoms with E-state index < -0.39 is 17.7 Å². The maximum atomic E-state index is 12.4. The van der Waals surface area contributed by atoms with E-state index in [0.717, 1.165) is 6.42 Å². The first kappa shape index (κ1) is 20.7. The number of hydrogen-bond donors (Lipinski definition) is 1. The van der Waals surface area contributed by atoms with Gasteiger partial charge in [-0.1, -0.05) is 27.7 Å². The Balaban J connectivity index is 4.80. The van der Waals surface area contributed by atoms with Gasteiger partial charge in [-0.2, -0.15) is 0 Å². The van der Waals surface area contributed by atoms with Gasteiger partial charge >= 0.3 is 6.09 Å². The van der Waals surface area contributed by atoms with Crippen LogP contribution in [0.25, 0.3) is 0 Å². The van der Waals surface area contributed by atoms with Crippen LogP contribution in [0.15, 0.2) is 0 Å². The Morgan fingerprint density at radius 1 is 1.09 bits per heavy atom. The van der Waals surface area contributed by atoms with Crippen molar-refractivity contribution in [3.63, 3.8) is 0 Å². The zero-order valence-electron chi connectivity index (χ0n) is 15.5. The highest BCUT2D eigenvalue weighted by molar-refractivity contribution is 5.85. The summed E-state index contributed by atoms with van der Waals surface area (Å²) >= 11 is 0. The smallest absolute Gasteiger partial charge is 0.410 e. The van der Waals surface area contributed by atoms with Crippen molar-refractivity contribution < 1.29 is 14.3 Å². The Hall–Kier alpha value is -1.26. The zero-order valence-corrected chi connectivity index (χ0v) is 15.5. The molecule has 0 rings (SSSR count). The second kappa shape index (κ2) is 9.01. The summed E-state index contributed by atoms with van der Waals surface area (Å²) in [6.45, 7) is 14.4. The molecule has 0 radical (unpaired) electrons. The lowest BCUT2D eigenvalue weighted by Gasteiger charge is -2.31. The first-order valence-electron chi connectivity index (χ1n) is 8.17. The van der Waals surface area contributed by atoms with E-state index in [9.17, 15) is 9.59 Å². The molecule has 130 valence electrons. The van der Waals surface area contributed by atoms with Crippen molar-refractivity contribution in [1.29, 1.82) is 0 Å². The normalized spacial score (nSPS) is 13.2. The van der Waals surface area contributed by atoms with Gasteiger partial charge in [0.25, 0.3) is 0 Å². The minimum atomic E-state index is -0.568. The van der Waals surface area contributed by atoms with Crippen LogP contribution in [0, 0.1) is 11.8 Å². The van der Waals surface area contributed by atoms with Gasteiger partial charge in [-0.05, 0) is 45.4 Å². The van der Waals surface area contributed by atoms with Gasteiger partial charge in [0.1, 0.15) is 11.6 Å². The molecule has 0 aliphatic heterocycles. The molecule has 1 unspecified atom stereocenters. The van der Waals surface area contributed by atoms with E-state index in [2.05, 4.69) is 19.2 Å². The SMILES string of the molecule is CC(C)CCNC(=O)C(CC(C)C)N(C)C(=O)OC(C)(C)C. The minimum Gasteiger partial charge on any atom is -0.444 e. The zero-order chi connectivity index (χ0) is 17.5. The molecule has 0 bridgehead atoms. The first-order valence-corrected chi connectivity index (χ1v) is 8.17. The van der Waals surface area contributed by atoms with Crippen LogP contribution in [-0.4, -0.2) is 42.1 Å². The topological polar surface area (TPSA) is 58.6 Å². The first-order chi connectivity index (χ1) is 9.94. The molecular weight excluding hydrogens is 280 g/mol. The molecular formula is C17H34N2O3. The summed E-state index contributed by atoms with van der Waals surface area (Å²) in [5.41, 5.74) is -0.568. The molecule has 1 N–H and O–H groups in total. The van der Waals surface area contributed by atoms with Crippen molar-refractivity contribution in [1.82, 2.24) is 10.2 Å². The average molecular weight is 314 g/mol. The Morgan fingerprint density at radius 3 is 2.05 bits per heavy atom. The van der Waals surface area contributed by atoms with Crippen molar-refractivity contribution in [2.75, 3.05) is 13.6 Å². The van der Waals surface area contributed by atoms with Crippen LogP contribution < -0.4 is 5.32 Å². The second-order valence-corrected chi connectivity index (χ2v) is 7.71. The summed E-state index contributed by atoms with van der Waals surface area (Å²) in [5.74, 6) is 0.737. The summed E-state index contributed by atoms with van der Waals surface area (Å²) in [6.07, 6.45) is 1.08. The number of amides is 2. The lowest BCUT2D eigenvalue weighted by Crippen LogP contribution is -2.49. The number of hydrogen-bond acceptors (Lipinski definition) is 3. The summed E-state index contributed by atoms with van der Waals surface area (Å²) in [6, 6.07) is -0.498. The molecule has 0 saturated heterocycles. The molecule has 0 aromatic heterocycles. The van der Waals surface area contributed by atoms with Crippen LogP contribution in [0.2, 0.25) is 0 Å². The van der Waals surface area contributed by atoms with Crippen molar-refractivity contribution in [2.45, 2.75) is 73.0 Å². The predicted molar refractivity (Wildman–Crippen MR) is 89.7 cm³/mol. The lowest BCUT2D eigenvalue weighted by molar-refractivity contribution is -0.126. The van der Waals surface area contributed by atoms with Gasteiger partial charge in [0.05, 0.1) is 0 Å². The maximum absolute atomic E-state index is 12.4. The van der Waals surface area contributed by atoms with Gasteiger partial charge in [-0.3, -0.25) is 9.69 Å². The fourth-order valence-corrected chi connectivity index (χ4v) is 1.95. The van der Waals surface area contributed by atoms with E-state index in [1.54, 1.807) is 7.05 Å². The number of rotatable bonds is 7. The molecule has 5 nitrogen and oxygen atoms in total. The molecule has 2 amide bonds. The van der Waals surface area contributed by atoms with Crippen molar-refractivity contribution in [2.24, 2.45) is 11.8 Å². The van der Waals surface area contributed by atoms with E-state index in [1.165, 1.54) is 4.90 Å². The van der Waals surface area contributed by atoms with Gasteiger partial charge in [0, 0.05) is 13.6 Å². The third-order valence-electron chi connectivity index (χ3n) is 3.17. The van der Waals surface area contributed by atoms with Crippen molar-refractivity contribution in [3.05, 3.63) is 0 Å². The molecule has 0 aromatic carbocycles. The lowest BCUT2D eigenvalue weighted by atomic mass is 10.0. The average Bonchev–Trinajstić information content (AvgIpc) is 2.32. The summed E-state index contributed by atoms with van der Waals surface area (Å²) in [5, 5.41) is 2.93. The number of carbonyl (C=O) groups excluding carboxylic acids is 2. The fourth-order valence-electron chi connectivity index (χ4n) is 1.95. The highest BCUT2D eigenvalue weighted by Gasteiger charge is 2.30. The van der Waals surface area contributed by atoms with Crippen molar-refractivity contribution >= 4 is 12.0 Å². The number of carbonyl (C=O) groups is 2. The predicted octanol–water partition coefficient (Wildman–Crippen LogP) is 3.43. The van der Waals surface area contributed by atoms with E-state index in [-0.39, 0.29) is 5.91 Å². The highest BCUT2D eigenvalue weighted by atomic mass is 16.6. The van der Waals surface area contributed by atoms with Crippen LogP contribution in [0.1, 0.15) is 61.3 Å². The molecule has 0 aromatic rings. The van der Waals surface area contributed by atoms with Gasteiger partial charge in [-0.25, -0.2) is 4.79 Å². The molecule has 1 atom stereocenters. The Labute approximate surface area is 135 Å². The van der Waals surface area contributed by atoms with Gasteiger partial charge in [0.2, 0.25) is 5.91 Å². The quantitative estimate of drug-likeness (QED) is 0.783. The number of ether oxygens (including phenoxy) is 1. The third-order valence-corrected chi connectivity index (χ3v) is 3.17. The molecule has 22 heavy (non-hydrogen) atoms. The van der Waals surface area contributed by atoms with E-state index in [0.29, 0.717) is 24.8 Å². The van der Waals surface area contributed by atoms with Crippen LogP contribution in [0.4, 0.5) is 4.79 Å².